The van der Waals surface area contributed by atoms with Gasteiger partial charge in [0, 0.05) is 10.3 Å². The van der Waals surface area contributed by atoms with Gasteiger partial charge in [0.1, 0.15) is 16.2 Å². The summed E-state index contributed by atoms with van der Waals surface area (Å²) in [5.74, 6) is -4.86. The first-order chi connectivity index (χ1) is 13.0. The van der Waals surface area contributed by atoms with Crippen molar-refractivity contribution in [1.29, 1.82) is 0 Å². The molecule has 1 amide bonds. The molecule has 4 nitrogen and oxygen atoms in total. The molecule has 1 aliphatic rings. The highest BCUT2D eigenvalue weighted by atomic mass is 32.2. The van der Waals surface area contributed by atoms with Crippen molar-refractivity contribution >= 4 is 44.9 Å². The summed E-state index contributed by atoms with van der Waals surface area (Å²) >= 11 is 2.89. The van der Waals surface area contributed by atoms with Gasteiger partial charge in [-0.25, -0.2) is 23.1 Å². The van der Waals surface area contributed by atoms with E-state index in [9.17, 15) is 18.0 Å². The first-order valence-electron chi connectivity index (χ1n) is 8.32. The number of fused-ring (bicyclic) bond motifs is 3. The van der Waals surface area contributed by atoms with Crippen LogP contribution in [0.1, 0.15) is 23.8 Å². The lowest BCUT2D eigenvalue weighted by molar-refractivity contribution is -0.115. The van der Waals surface area contributed by atoms with Crippen LogP contribution in [0.15, 0.2) is 23.5 Å². The van der Waals surface area contributed by atoms with Gasteiger partial charge in [0.05, 0.1) is 10.9 Å². The molecule has 1 aliphatic carbocycles. The summed E-state index contributed by atoms with van der Waals surface area (Å²) in [7, 11) is 0. The number of carbonyl (C=O) groups is 1. The van der Waals surface area contributed by atoms with E-state index in [0.29, 0.717) is 5.03 Å². The minimum atomic E-state index is -1.61. The highest BCUT2D eigenvalue weighted by Crippen LogP contribution is 2.41. The second kappa shape index (κ2) is 7.12. The van der Waals surface area contributed by atoms with Crippen LogP contribution in [0.5, 0.6) is 0 Å². The largest absolute Gasteiger partial charge is 0.323 e. The fraction of sp³-hybridized carbons (Fsp3) is 0.278. The summed E-state index contributed by atoms with van der Waals surface area (Å²) in [6.07, 6.45) is 4.57. The van der Waals surface area contributed by atoms with Crippen LogP contribution >= 0.6 is 23.1 Å². The van der Waals surface area contributed by atoms with Gasteiger partial charge < -0.3 is 5.32 Å². The van der Waals surface area contributed by atoms with E-state index < -0.39 is 34.3 Å². The van der Waals surface area contributed by atoms with Crippen LogP contribution in [0.4, 0.5) is 18.9 Å². The molecule has 9 heteroatoms. The topological polar surface area (TPSA) is 54.9 Å². The number of benzene rings is 1. The van der Waals surface area contributed by atoms with Crippen molar-refractivity contribution in [3.63, 3.8) is 0 Å². The molecule has 0 spiro atoms. The van der Waals surface area contributed by atoms with Gasteiger partial charge in [-0.05, 0) is 43.9 Å². The average Bonchev–Trinajstić information content (AvgIpc) is 3.23. The van der Waals surface area contributed by atoms with Gasteiger partial charge >= 0.3 is 0 Å². The van der Waals surface area contributed by atoms with Gasteiger partial charge in [-0.15, -0.1) is 11.3 Å². The third-order valence-corrected chi connectivity index (χ3v) is 6.72. The molecule has 0 bridgehead atoms. The van der Waals surface area contributed by atoms with Crippen LogP contribution < -0.4 is 5.32 Å². The number of amides is 1. The molecule has 0 unspecified atom stereocenters. The second-order valence-electron chi connectivity index (χ2n) is 6.19. The smallest absolute Gasteiger partial charge is 0.237 e. The van der Waals surface area contributed by atoms with Crippen molar-refractivity contribution in [3.8, 4) is 0 Å². The number of carbonyl (C=O) groups excluding carboxylic acids is 1. The number of rotatable bonds is 4. The van der Waals surface area contributed by atoms with Gasteiger partial charge in [-0.3, -0.25) is 4.79 Å². The summed E-state index contributed by atoms with van der Waals surface area (Å²) in [6.45, 7) is 1.65. The Morgan fingerprint density at radius 1 is 1.22 bits per heavy atom. The maximum Gasteiger partial charge on any atom is 0.237 e. The number of thiophene rings is 1. The van der Waals surface area contributed by atoms with E-state index >= 15 is 0 Å². The van der Waals surface area contributed by atoms with E-state index in [-0.39, 0.29) is 0 Å². The molecule has 2 heterocycles. The summed E-state index contributed by atoms with van der Waals surface area (Å²) in [4.78, 5) is 23.3. The van der Waals surface area contributed by atoms with E-state index in [1.54, 1.807) is 18.3 Å². The highest BCUT2D eigenvalue weighted by molar-refractivity contribution is 8.00. The molecular weight excluding hydrogens is 395 g/mol. The summed E-state index contributed by atoms with van der Waals surface area (Å²) < 4.78 is 40.1. The van der Waals surface area contributed by atoms with E-state index in [0.717, 1.165) is 41.6 Å². The molecule has 0 aliphatic heterocycles. The average molecular weight is 409 g/mol. The van der Waals surface area contributed by atoms with E-state index in [4.69, 9.17) is 0 Å². The van der Waals surface area contributed by atoms with Gasteiger partial charge in [-0.1, -0.05) is 11.8 Å². The third kappa shape index (κ3) is 3.29. The van der Waals surface area contributed by atoms with Gasteiger partial charge in [0.2, 0.25) is 5.91 Å². The van der Waals surface area contributed by atoms with Crippen LogP contribution in [-0.4, -0.2) is 21.1 Å². The number of aromatic nitrogens is 2. The van der Waals surface area contributed by atoms with E-state index in [1.807, 2.05) is 0 Å². The molecule has 0 saturated carbocycles. The molecule has 1 N–H and O–H groups in total. The molecule has 1 aromatic carbocycles. The Kier molecular flexibility index (Phi) is 4.81. The third-order valence-electron chi connectivity index (χ3n) is 4.42. The molecule has 2 aromatic heterocycles. The van der Waals surface area contributed by atoms with Crippen LogP contribution in [0.25, 0.3) is 10.2 Å². The molecule has 3 aromatic rings. The standard InChI is InChI=1S/C18H14F3N3OS2/c1-8(16(25)24-11-6-5-10(19)14(20)15(11)21)26-17-13-9-3-2-4-12(9)27-18(13)23-7-22-17/h5-8H,2-4H2,1H3,(H,24,25)/t8-/m1/s1. The minimum Gasteiger partial charge on any atom is -0.323 e. The summed E-state index contributed by atoms with van der Waals surface area (Å²) in [5.41, 5.74) is 0.855. The lowest BCUT2D eigenvalue weighted by Gasteiger charge is -2.13. The first kappa shape index (κ1) is 18.2. The summed E-state index contributed by atoms with van der Waals surface area (Å²) in [6, 6.07) is 1.77. The Morgan fingerprint density at radius 3 is 2.85 bits per heavy atom. The Morgan fingerprint density at radius 2 is 2.04 bits per heavy atom. The van der Waals surface area contributed by atoms with Crippen LogP contribution in [0.3, 0.4) is 0 Å². The number of halogens is 3. The van der Waals surface area contributed by atoms with Gasteiger partial charge in [0.25, 0.3) is 0 Å². The van der Waals surface area contributed by atoms with E-state index in [2.05, 4.69) is 15.3 Å². The zero-order valence-corrected chi connectivity index (χ0v) is 15.8. The van der Waals surface area contributed by atoms with Crippen molar-refractivity contribution in [2.24, 2.45) is 0 Å². The lowest BCUT2D eigenvalue weighted by atomic mass is 10.2. The molecule has 140 valence electrons. The van der Waals surface area contributed by atoms with Crippen LogP contribution in [0.2, 0.25) is 0 Å². The number of thioether (sulfide) groups is 1. The maximum atomic E-state index is 13.8. The number of aryl methyl sites for hydroxylation is 2. The SMILES string of the molecule is C[C@@H](Sc1ncnc2sc3c(c12)CCC3)C(=O)Nc1ccc(F)c(F)c1F. The predicted molar refractivity (Wildman–Crippen MR) is 99.7 cm³/mol. The monoisotopic (exact) mass is 409 g/mol. The Hall–Kier alpha value is -2.13. The molecule has 27 heavy (non-hydrogen) atoms. The molecule has 4 rings (SSSR count). The maximum absolute atomic E-state index is 13.8. The number of hydrogen-bond acceptors (Lipinski definition) is 5. The Labute approximate surface area is 161 Å². The molecular formula is C18H14F3N3OS2. The Balaban J connectivity index is 1.56. The number of nitrogens with one attached hydrogen (secondary N) is 1. The van der Waals surface area contributed by atoms with Crippen LogP contribution in [-0.2, 0) is 17.6 Å². The molecule has 0 radical (unpaired) electrons. The second-order valence-corrected chi connectivity index (χ2v) is 8.60. The van der Waals surface area contributed by atoms with Crippen LogP contribution in [0, 0.1) is 17.5 Å². The van der Waals surface area contributed by atoms with Crippen molar-refractivity contribution in [2.45, 2.75) is 36.5 Å². The fourth-order valence-electron chi connectivity index (χ4n) is 3.07. The zero-order valence-electron chi connectivity index (χ0n) is 14.2. The highest BCUT2D eigenvalue weighted by Gasteiger charge is 2.24. The lowest BCUT2D eigenvalue weighted by Crippen LogP contribution is -2.23. The normalized spacial score (nSPS) is 14.4. The Bertz CT molecular complexity index is 1050. The molecule has 0 saturated heterocycles. The molecule has 1 atom stereocenters. The van der Waals surface area contributed by atoms with E-state index in [1.165, 1.54) is 28.5 Å². The van der Waals surface area contributed by atoms with Crippen molar-refractivity contribution in [1.82, 2.24) is 9.97 Å². The predicted octanol–water partition coefficient (Wildman–Crippen LogP) is 4.72. The summed E-state index contributed by atoms with van der Waals surface area (Å²) in [5, 5.41) is 3.38. The number of anilines is 1. The minimum absolute atomic E-state index is 0.393. The van der Waals surface area contributed by atoms with Gasteiger partial charge in [-0.2, -0.15) is 0 Å². The fourth-order valence-corrected chi connectivity index (χ4v) is 5.31. The van der Waals surface area contributed by atoms with Crippen molar-refractivity contribution < 1.29 is 18.0 Å². The van der Waals surface area contributed by atoms with Gasteiger partial charge in [0.15, 0.2) is 17.5 Å². The number of hydrogen-bond donors (Lipinski definition) is 1. The van der Waals surface area contributed by atoms with Crippen molar-refractivity contribution in [3.05, 3.63) is 46.4 Å². The van der Waals surface area contributed by atoms with Crippen molar-refractivity contribution in [2.75, 3.05) is 5.32 Å². The first-order valence-corrected chi connectivity index (χ1v) is 10.0. The quantitative estimate of drug-likeness (QED) is 0.385. The number of nitrogens with zero attached hydrogens (tertiary/aromatic N) is 2. The zero-order chi connectivity index (χ0) is 19.1. The molecule has 0 fully saturated rings.